The Balaban J connectivity index is 1.40. The van der Waals surface area contributed by atoms with Crippen LogP contribution in [0, 0.1) is 13.8 Å². The van der Waals surface area contributed by atoms with E-state index in [1.165, 1.54) is 74.2 Å². The molecule has 3 aromatic carbocycles. The van der Waals surface area contributed by atoms with Gasteiger partial charge in [-0.05, 0) is 73.5 Å². The Morgan fingerprint density at radius 2 is 0.882 bits per heavy atom. The molecule has 0 aliphatic heterocycles. The predicted molar refractivity (Wildman–Crippen MR) is 151 cm³/mol. The van der Waals surface area contributed by atoms with Gasteiger partial charge in [0, 0.05) is 77.2 Å². The monoisotopic (exact) mass is 476 g/mol. The first kappa shape index (κ1) is 20.1. The molecule has 166 valence electrons. The standard InChI is InChI=1S/C30H24N2S2/c1-17-5-11-25(31(17)3)19-7-9-21-23-15-30-24(16-29(23)33-27(21)13-19)22-10-8-20(14-28(22)34-30)26-12-6-18(2)32(26)4/h5-16H,1-4H3. The summed E-state index contributed by atoms with van der Waals surface area (Å²) in [6.07, 6.45) is 0. The van der Waals surface area contributed by atoms with Gasteiger partial charge in [0.25, 0.3) is 0 Å². The molecule has 0 fully saturated rings. The largest absolute Gasteiger partial charge is 0.348 e. The SMILES string of the molecule is Cc1ccc(-c2ccc3c(c2)sc2cc4c(cc23)sc2cc(-c3ccc(C)n3C)ccc24)n1C. The van der Waals surface area contributed by atoms with Crippen LogP contribution in [0.2, 0.25) is 0 Å². The number of fused-ring (bicyclic) bond motifs is 6. The molecule has 4 heteroatoms. The molecule has 0 aliphatic rings. The first-order valence-corrected chi connectivity index (χ1v) is 13.2. The van der Waals surface area contributed by atoms with Gasteiger partial charge in [0.2, 0.25) is 0 Å². The third-order valence-corrected chi connectivity index (χ3v) is 9.63. The van der Waals surface area contributed by atoms with E-state index in [4.69, 9.17) is 0 Å². The van der Waals surface area contributed by atoms with Crippen LogP contribution in [0.4, 0.5) is 0 Å². The summed E-state index contributed by atoms with van der Waals surface area (Å²) in [7, 11) is 4.28. The number of thiophene rings is 2. The average Bonchev–Trinajstić information content (AvgIpc) is 3.56. The molecule has 7 aromatic rings. The Labute approximate surface area is 206 Å². The smallest absolute Gasteiger partial charge is 0.0480 e. The Hall–Kier alpha value is -3.34. The van der Waals surface area contributed by atoms with Crippen molar-refractivity contribution in [2.24, 2.45) is 14.1 Å². The second-order valence-electron chi connectivity index (χ2n) is 9.31. The Bertz CT molecular complexity index is 1760. The highest BCUT2D eigenvalue weighted by atomic mass is 32.1. The van der Waals surface area contributed by atoms with E-state index in [1.807, 2.05) is 22.7 Å². The van der Waals surface area contributed by atoms with Crippen LogP contribution >= 0.6 is 22.7 Å². The van der Waals surface area contributed by atoms with E-state index in [2.05, 4.69) is 110 Å². The lowest BCUT2D eigenvalue weighted by Gasteiger charge is -2.05. The second kappa shape index (κ2) is 7.08. The van der Waals surface area contributed by atoms with Crippen LogP contribution in [0.1, 0.15) is 11.4 Å². The van der Waals surface area contributed by atoms with Gasteiger partial charge in [0.05, 0.1) is 0 Å². The lowest BCUT2D eigenvalue weighted by atomic mass is 10.1. The highest BCUT2D eigenvalue weighted by Crippen LogP contribution is 2.43. The van der Waals surface area contributed by atoms with E-state index in [0.717, 1.165) is 0 Å². The van der Waals surface area contributed by atoms with E-state index < -0.39 is 0 Å². The van der Waals surface area contributed by atoms with Crippen molar-refractivity contribution in [1.82, 2.24) is 9.13 Å². The third-order valence-electron chi connectivity index (χ3n) is 7.40. The van der Waals surface area contributed by atoms with Gasteiger partial charge in [-0.15, -0.1) is 22.7 Å². The molecule has 4 heterocycles. The van der Waals surface area contributed by atoms with Crippen molar-refractivity contribution >= 4 is 63.0 Å². The topological polar surface area (TPSA) is 9.86 Å². The fraction of sp³-hybridized carbons (Fsp3) is 0.133. The number of aromatic nitrogens is 2. The molecular weight excluding hydrogens is 452 g/mol. The molecule has 0 N–H and O–H groups in total. The summed E-state index contributed by atoms with van der Waals surface area (Å²) in [4.78, 5) is 0. The van der Waals surface area contributed by atoms with Crippen LogP contribution in [0.15, 0.2) is 72.8 Å². The zero-order valence-corrected chi connectivity index (χ0v) is 21.3. The minimum Gasteiger partial charge on any atom is -0.348 e. The number of hydrogen-bond donors (Lipinski definition) is 0. The number of aryl methyl sites for hydroxylation is 2. The molecule has 7 rings (SSSR count). The molecule has 0 radical (unpaired) electrons. The van der Waals surface area contributed by atoms with Crippen molar-refractivity contribution in [3.05, 3.63) is 84.2 Å². The first-order valence-electron chi connectivity index (χ1n) is 11.6. The molecule has 0 atom stereocenters. The molecule has 0 bridgehead atoms. The van der Waals surface area contributed by atoms with Gasteiger partial charge in [-0.3, -0.25) is 0 Å². The van der Waals surface area contributed by atoms with Gasteiger partial charge in [-0.25, -0.2) is 0 Å². The third kappa shape index (κ3) is 2.79. The molecule has 34 heavy (non-hydrogen) atoms. The molecular formula is C30H24N2S2. The maximum atomic E-state index is 2.41. The summed E-state index contributed by atoms with van der Waals surface area (Å²) in [5, 5.41) is 5.45. The number of rotatable bonds is 2. The van der Waals surface area contributed by atoms with E-state index in [1.54, 1.807) is 0 Å². The maximum absolute atomic E-state index is 2.41. The average molecular weight is 477 g/mol. The van der Waals surface area contributed by atoms with Crippen molar-refractivity contribution in [3.63, 3.8) is 0 Å². The first-order chi connectivity index (χ1) is 16.5. The Morgan fingerprint density at radius 3 is 1.26 bits per heavy atom. The number of nitrogens with zero attached hydrogens (tertiary/aromatic N) is 2. The highest BCUT2D eigenvalue weighted by molar-refractivity contribution is 7.27. The van der Waals surface area contributed by atoms with Crippen molar-refractivity contribution in [2.75, 3.05) is 0 Å². The number of benzene rings is 3. The van der Waals surface area contributed by atoms with Gasteiger partial charge in [0.15, 0.2) is 0 Å². The fourth-order valence-electron chi connectivity index (χ4n) is 5.17. The normalized spacial score (nSPS) is 12.1. The molecule has 4 aromatic heterocycles. The summed E-state index contributed by atoms with van der Waals surface area (Å²) < 4.78 is 9.97. The second-order valence-corrected chi connectivity index (χ2v) is 11.5. The molecule has 0 saturated heterocycles. The summed E-state index contributed by atoms with van der Waals surface area (Å²) in [5.41, 5.74) is 7.67. The summed E-state index contributed by atoms with van der Waals surface area (Å²) in [6, 6.07) is 27.5. The molecule has 0 unspecified atom stereocenters. The van der Waals surface area contributed by atoms with Crippen LogP contribution in [0.25, 0.3) is 62.9 Å². The Morgan fingerprint density at radius 1 is 0.471 bits per heavy atom. The zero-order chi connectivity index (χ0) is 23.1. The van der Waals surface area contributed by atoms with Crippen LogP contribution < -0.4 is 0 Å². The molecule has 0 spiro atoms. The maximum Gasteiger partial charge on any atom is 0.0480 e. The predicted octanol–water partition coefficient (Wildman–Crippen LogP) is 9.05. The van der Waals surface area contributed by atoms with Crippen LogP contribution in [-0.4, -0.2) is 9.13 Å². The van der Waals surface area contributed by atoms with Crippen molar-refractivity contribution < 1.29 is 0 Å². The minimum atomic E-state index is 1.27. The number of hydrogen-bond acceptors (Lipinski definition) is 2. The molecule has 0 aliphatic carbocycles. The van der Waals surface area contributed by atoms with E-state index in [-0.39, 0.29) is 0 Å². The molecule has 2 nitrogen and oxygen atoms in total. The quantitative estimate of drug-likeness (QED) is 0.235. The zero-order valence-electron chi connectivity index (χ0n) is 19.6. The van der Waals surface area contributed by atoms with Crippen molar-refractivity contribution in [1.29, 1.82) is 0 Å². The van der Waals surface area contributed by atoms with Crippen LogP contribution in [-0.2, 0) is 14.1 Å². The van der Waals surface area contributed by atoms with Crippen molar-refractivity contribution in [2.45, 2.75) is 13.8 Å². The summed E-state index contributed by atoms with van der Waals surface area (Å²) in [5.74, 6) is 0. The lowest BCUT2D eigenvalue weighted by molar-refractivity contribution is 0.891. The lowest BCUT2D eigenvalue weighted by Crippen LogP contribution is -1.93. The van der Waals surface area contributed by atoms with E-state index in [9.17, 15) is 0 Å². The highest BCUT2D eigenvalue weighted by Gasteiger charge is 2.14. The van der Waals surface area contributed by atoms with Gasteiger partial charge in [-0.2, -0.15) is 0 Å². The Kier molecular flexibility index (Phi) is 4.18. The fourth-order valence-corrected chi connectivity index (χ4v) is 7.50. The van der Waals surface area contributed by atoms with Gasteiger partial charge in [0.1, 0.15) is 0 Å². The van der Waals surface area contributed by atoms with Gasteiger partial charge in [-0.1, -0.05) is 24.3 Å². The van der Waals surface area contributed by atoms with Gasteiger partial charge < -0.3 is 9.13 Å². The van der Waals surface area contributed by atoms with E-state index in [0.29, 0.717) is 0 Å². The molecule has 0 amide bonds. The summed E-state index contributed by atoms with van der Waals surface area (Å²) >= 11 is 3.81. The van der Waals surface area contributed by atoms with Gasteiger partial charge >= 0.3 is 0 Å². The minimum absolute atomic E-state index is 1.27. The van der Waals surface area contributed by atoms with E-state index >= 15 is 0 Å². The van der Waals surface area contributed by atoms with Crippen molar-refractivity contribution in [3.8, 4) is 22.5 Å². The van der Waals surface area contributed by atoms with Crippen LogP contribution in [0.5, 0.6) is 0 Å². The van der Waals surface area contributed by atoms with Crippen LogP contribution in [0.3, 0.4) is 0 Å². The summed E-state index contributed by atoms with van der Waals surface area (Å²) in [6.45, 7) is 4.31. The molecule has 0 saturated carbocycles.